The molecule has 0 radical (unpaired) electrons. The predicted molar refractivity (Wildman–Crippen MR) is 122 cm³/mol. The number of ether oxygens (including phenoxy) is 2. The zero-order valence-electron chi connectivity index (χ0n) is 16.7. The molecule has 18 heteroatoms. The monoisotopic (exact) mass is 570 g/mol. The second kappa shape index (κ2) is 19.9. The van der Waals surface area contributed by atoms with Gasteiger partial charge in [-0.05, 0) is 6.92 Å². The average molecular weight is 570 g/mol. The molecule has 1 aliphatic heterocycles. The fourth-order valence-corrected chi connectivity index (χ4v) is 6.20. The van der Waals surface area contributed by atoms with E-state index >= 15 is 0 Å². The first-order valence-corrected chi connectivity index (χ1v) is 17.8. The molecule has 31 heavy (non-hydrogen) atoms. The topological polar surface area (TPSA) is 190 Å². The van der Waals surface area contributed by atoms with Gasteiger partial charge >= 0.3 is 0 Å². The van der Waals surface area contributed by atoms with Gasteiger partial charge in [0.05, 0.1) is 26.6 Å². The van der Waals surface area contributed by atoms with E-state index in [0.717, 1.165) is 14.4 Å². The van der Waals surface area contributed by atoms with E-state index in [0.29, 0.717) is 27.9 Å². The van der Waals surface area contributed by atoms with Crippen LogP contribution in [0.15, 0.2) is 0 Å². The molecule has 1 saturated heterocycles. The Hall–Kier alpha value is 1.62. The third-order valence-corrected chi connectivity index (χ3v) is 8.38. The lowest BCUT2D eigenvalue weighted by Gasteiger charge is -2.37. The molecule has 0 bridgehead atoms. The van der Waals surface area contributed by atoms with E-state index < -0.39 is 23.2 Å². The van der Waals surface area contributed by atoms with Crippen molar-refractivity contribution in [2.45, 2.75) is 66.8 Å². The van der Waals surface area contributed by atoms with Crippen molar-refractivity contribution in [1.82, 2.24) is 0 Å². The van der Waals surface area contributed by atoms with E-state index in [1.165, 1.54) is 6.42 Å². The van der Waals surface area contributed by atoms with Crippen molar-refractivity contribution >= 4 is 48.6 Å². The summed E-state index contributed by atoms with van der Waals surface area (Å²) in [6, 6.07) is 0. The van der Waals surface area contributed by atoms with Gasteiger partial charge in [-0.1, -0.05) is 43.1 Å². The van der Waals surface area contributed by atoms with Crippen molar-refractivity contribution in [3.05, 3.63) is 0 Å². The Kier molecular flexibility index (Phi) is 25.5. The Labute approximate surface area is 191 Å². The number of hydrogen-bond donors (Lipinski definition) is 0. The van der Waals surface area contributed by atoms with Crippen molar-refractivity contribution in [2.75, 3.05) is 20.4 Å². The third kappa shape index (κ3) is 26.1. The van der Waals surface area contributed by atoms with Gasteiger partial charge in [0, 0.05) is 28.7 Å². The second-order valence-corrected chi connectivity index (χ2v) is 15.1. The molecule has 1 fully saturated rings. The first-order chi connectivity index (χ1) is 13.1. The summed E-state index contributed by atoms with van der Waals surface area (Å²) < 4.78 is 52.7. The van der Waals surface area contributed by atoms with Gasteiger partial charge in [0.1, 0.15) is 13.7 Å². The summed E-state index contributed by atoms with van der Waals surface area (Å²) in [7, 11) is -10.4. The molecule has 1 rings (SSSR count). The van der Waals surface area contributed by atoms with E-state index in [2.05, 4.69) is 38.3 Å². The van der Waals surface area contributed by atoms with E-state index in [9.17, 15) is 33.3 Å². The quantitative estimate of drug-likeness (QED) is 0.291. The smallest absolute Gasteiger partial charge is 0.276 e. The lowest BCUT2D eigenvalue weighted by molar-refractivity contribution is -0.339. The van der Waals surface area contributed by atoms with E-state index in [4.69, 9.17) is 14.0 Å². The standard InChI is InChI=1S/C7H17O3P3.C3H8.CH7O9P3.2CH4/c1-5-3-6(8-2)7(10-5)4-9-12-13-11;1-3-2;1-11(2,3)9-13(7,8)10-12(4,5)6;;/h5-7,12-13H,3-4,11H2,1-2H3;3H2,1-2H3;1H3,(H,2,3)(H,7,8)(H2,4,5,6);2*1H4/p-4/t5-,6+,7+;;;;/m0..../s1. The summed E-state index contributed by atoms with van der Waals surface area (Å²) in [6.07, 6.45) is 2.89. The maximum absolute atomic E-state index is 10.3. The highest BCUT2D eigenvalue weighted by Gasteiger charge is 2.32. The molecule has 0 aromatic carbocycles. The molecule has 0 N–H and O–H groups in total. The van der Waals surface area contributed by atoms with Crippen molar-refractivity contribution in [3.8, 4) is 0 Å². The molecule has 0 amide bonds. The second-order valence-electron chi connectivity index (χ2n) is 5.59. The van der Waals surface area contributed by atoms with Gasteiger partial charge in [-0.3, -0.25) is 13.2 Å². The van der Waals surface area contributed by atoms with Crippen LogP contribution in [0.4, 0.5) is 0 Å². The van der Waals surface area contributed by atoms with Crippen LogP contribution in [0, 0.1) is 0 Å². The lowest BCUT2D eigenvalue weighted by Crippen LogP contribution is -2.27. The SMILES string of the molecule is C.C.CCC.CO[C@@H]1C[C@H](C)O[C@@H]1COPPP.CP(=O)([O-])OP(=O)([O-])OP(=O)([O-])[O-]. The first-order valence-electron chi connectivity index (χ1n) is 8.15. The maximum atomic E-state index is 10.3. The molecule has 0 spiro atoms. The van der Waals surface area contributed by atoms with Gasteiger partial charge < -0.3 is 42.7 Å². The molecule has 194 valence electrons. The van der Waals surface area contributed by atoms with Crippen LogP contribution in [0.25, 0.3) is 0 Å². The van der Waals surface area contributed by atoms with E-state index in [-0.39, 0.29) is 27.1 Å². The fraction of sp³-hybridized carbons (Fsp3) is 1.00. The van der Waals surface area contributed by atoms with Gasteiger partial charge in [-0.2, -0.15) is 0 Å². The zero-order chi connectivity index (χ0) is 23.3. The van der Waals surface area contributed by atoms with Crippen LogP contribution in [-0.2, 0) is 36.3 Å². The van der Waals surface area contributed by atoms with Crippen molar-refractivity contribution in [2.24, 2.45) is 0 Å². The van der Waals surface area contributed by atoms with Crippen LogP contribution in [-0.4, -0.2) is 38.7 Å². The molecule has 0 aliphatic carbocycles. The summed E-state index contributed by atoms with van der Waals surface area (Å²) >= 11 is 0. The molecule has 0 aromatic heterocycles. The number of phosphoric acid groups is 2. The van der Waals surface area contributed by atoms with Gasteiger partial charge in [-0.15, -0.1) is 8.93 Å². The summed E-state index contributed by atoms with van der Waals surface area (Å²) in [4.78, 5) is 40.0. The Balaban J connectivity index is -0.000000197. The van der Waals surface area contributed by atoms with E-state index in [1.54, 1.807) is 7.11 Å². The Morgan fingerprint density at radius 2 is 1.58 bits per heavy atom. The molecule has 0 saturated carbocycles. The van der Waals surface area contributed by atoms with Crippen LogP contribution in [0.2, 0.25) is 0 Å². The largest absolute Gasteiger partial charge is 0.790 e. The summed E-state index contributed by atoms with van der Waals surface area (Å²) in [5.74, 6) is 0. The molecule has 1 heterocycles. The first kappa shape index (κ1) is 39.8. The van der Waals surface area contributed by atoms with Crippen LogP contribution in [0.5, 0.6) is 0 Å². The molecule has 1 aliphatic rings. The molecule has 5 unspecified atom stereocenters. The minimum Gasteiger partial charge on any atom is -0.790 e. The Morgan fingerprint density at radius 1 is 1.10 bits per heavy atom. The van der Waals surface area contributed by atoms with Crippen LogP contribution in [0.3, 0.4) is 0 Å². The summed E-state index contributed by atoms with van der Waals surface area (Å²) in [5, 5.41) is 0. The van der Waals surface area contributed by atoms with Gasteiger partial charge in [-0.25, -0.2) is 0 Å². The van der Waals surface area contributed by atoms with Crippen molar-refractivity contribution < 1.29 is 55.9 Å². The Morgan fingerprint density at radius 3 is 1.94 bits per heavy atom. The lowest BCUT2D eigenvalue weighted by atomic mass is 10.1. The van der Waals surface area contributed by atoms with Crippen LogP contribution >= 0.6 is 48.6 Å². The number of methoxy groups -OCH3 is 1. The van der Waals surface area contributed by atoms with Crippen molar-refractivity contribution in [3.63, 3.8) is 0 Å². The minimum absolute atomic E-state index is 0. The zero-order valence-corrected chi connectivity index (χ0v) is 22.5. The minimum atomic E-state index is -5.83. The maximum Gasteiger partial charge on any atom is 0.276 e. The highest BCUT2D eigenvalue weighted by molar-refractivity contribution is 8.37. The molecule has 8 atom stereocenters. The normalized spacial score (nSPS) is 24.8. The number of rotatable bonds is 9. The van der Waals surface area contributed by atoms with Gasteiger partial charge in [0.15, 0.2) is 0 Å². The number of hydrogen-bond acceptors (Lipinski definition) is 12. The average Bonchev–Trinajstić information content (AvgIpc) is 2.84. The van der Waals surface area contributed by atoms with Crippen molar-refractivity contribution in [1.29, 1.82) is 0 Å². The molecule has 12 nitrogen and oxygen atoms in total. The highest BCUT2D eigenvalue weighted by Crippen LogP contribution is 2.58. The third-order valence-electron chi connectivity index (χ3n) is 2.52. The molecular weight excluding hydrogens is 534 g/mol. The highest BCUT2D eigenvalue weighted by atomic mass is 32.4. The predicted octanol–water partition coefficient (Wildman–Crippen LogP) is 2.36. The van der Waals surface area contributed by atoms with Crippen LogP contribution < -0.4 is 19.6 Å². The summed E-state index contributed by atoms with van der Waals surface area (Å²) in [6.45, 7) is 7.36. The fourth-order valence-electron chi connectivity index (χ4n) is 1.80. The summed E-state index contributed by atoms with van der Waals surface area (Å²) in [5.41, 5.74) is 0. The molecular formula is C13H36O12P6-4. The van der Waals surface area contributed by atoms with Gasteiger partial charge in [0.25, 0.3) is 7.82 Å². The van der Waals surface area contributed by atoms with E-state index in [1.807, 2.05) is 0 Å². The van der Waals surface area contributed by atoms with Gasteiger partial charge in [0.2, 0.25) is 0 Å². The Bertz CT molecular complexity index is 539. The molecule has 0 aromatic rings. The van der Waals surface area contributed by atoms with Crippen LogP contribution in [0.1, 0.15) is 48.5 Å².